The first-order chi connectivity index (χ1) is 13.7. The number of hydrogen-bond donors (Lipinski definition) is 1. The van der Waals surface area contributed by atoms with E-state index in [-0.39, 0.29) is 17.9 Å². The Kier molecular flexibility index (Phi) is 5.19. The lowest BCUT2D eigenvalue weighted by Gasteiger charge is -2.32. The van der Waals surface area contributed by atoms with Crippen molar-refractivity contribution < 1.29 is 9.59 Å². The number of rotatable bonds is 4. The zero-order chi connectivity index (χ0) is 19.3. The van der Waals surface area contributed by atoms with Gasteiger partial charge >= 0.3 is 0 Å². The standard InChI is InChI=1S/C22H22N4O2/c27-21(17-7-3-1-4-8-17)24-18-11-13-25(14-12-18)22(28)20-15-23-16-26(20)19-9-5-2-6-10-19/h1-10,15-16,18H,11-14H2,(H,24,27). The second kappa shape index (κ2) is 8.08. The zero-order valence-electron chi connectivity index (χ0n) is 15.5. The number of benzene rings is 2. The van der Waals surface area contributed by atoms with E-state index in [4.69, 9.17) is 0 Å². The number of nitrogens with zero attached hydrogens (tertiary/aromatic N) is 3. The van der Waals surface area contributed by atoms with Crippen molar-refractivity contribution in [2.24, 2.45) is 0 Å². The second-order valence-corrected chi connectivity index (χ2v) is 6.89. The molecule has 0 radical (unpaired) electrons. The van der Waals surface area contributed by atoms with Crippen LogP contribution in [0.5, 0.6) is 0 Å². The van der Waals surface area contributed by atoms with Crippen molar-refractivity contribution in [1.29, 1.82) is 0 Å². The molecular weight excluding hydrogens is 352 g/mol. The molecule has 28 heavy (non-hydrogen) atoms. The molecule has 142 valence electrons. The van der Waals surface area contributed by atoms with Crippen LogP contribution >= 0.6 is 0 Å². The summed E-state index contributed by atoms with van der Waals surface area (Å²) in [6.07, 6.45) is 4.75. The van der Waals surface area contributed by atoms with Crippen molar-refractivity contribution in [3.63, 3.8) is 0 Å². The quantitative estimate of drug-likeness (QED) is 0.764. The molecule has 1 fully saturated rings. The maximum Gasteiger partial charge on any atom is 0.272 e. The molecule has 1 N–H and O–H groups in total. The molecule has 0 spiro atoms. The highest BCUT2D eigenvalue weighted by molar-refractivity contribution is 5.94. The molecule has 3 aromatic rings. The van der Waals surface area contributed by atoms with Crippen LogP contribution < -0.4 is 5.32 Å². The fourth-order valence-electron chi connectivity index (χ4n) is 3.49. The van der Waals surface area contributed by atoms with Gasteiger partial charge in [-0.3, -0.25) is 14.2 Å². The SMILES string of the molecule is O=C(NC1CCN(C(=O)c2cncn2-c2ccccc2)CC1)c1ccccc1. The van der Waals surface area contributed by atoms with Crippen LogP contribution in [-0.4, -0.2) is 45.4 Å². The molecule has 1 aliphatic heterocycles. The average Bonchev–Trinajstić information content (AvgIpc) is 3.25. The van der Waals surface area contributed by atoms with Crippen LogP contribution in [0.2, 0.25) is 0 Å². The minimum absolute atomic E-state index is 0.0332. The van der Waals surface area contributed by atoms with Crippen LogP contribution in [0, 0.1) is 0 Å². The molecule has 2 amide bonds. The fraction of sp³-hybridized carbons (Fsp3) is 0.227. The van der Waals surface area contributed by atoms with Gasteiger partial charge in [0.05, 0.1) is 12.5 Å². The molecule has 4 rings (SSSR count). The van der Waals surface area contributed by atoms with E-state index in [1.807, 2.05) is 58.0 Å². The van der Waals surface area contributed by atoms with Gasteiger partial charge in [-0.25, -0.2) is 4.98 Å². The fourth-order valence-corrected chi connectivity index (χ4v) is 3.49. The Morgan fingerprint density at radius 1 is 0.929 bits per heavy atom. The van der Waals surface area contributed by atoms with Gasteiger partial charge in [-0.15, -0.1) is 0 Å². The number of carbonyl (C=O) groups is 2. The molecule has 0 atom stereocenters. The van der Waals surface area contributed by atoms with E-state index in [2.05, 4.69) is 10.3 Å². The van der Waals surface area contributed by atoms with Crippen molar-refractivity contribution >= 4 is 11.8 Å². The Morgan fingerprint density at radius 2 is 1.57 bits per heavy atom. The predicted octanol–water partition coefficient (Wildman–Crippen LogP) is 2.91. The predicted molar refractivity (Wildman–Crippen MR) is 106 cm³/mol. The van der Waals surface area contributed by atoms with Crippen molar-refractivity contribution in [1.82, 2.24) is 19.8 Å². The lowest BCUT2D eigenvalue weighted by atomic mass is 10.0. The van der Waals surface area contributed by atoms with E-state index in [1.54, 1.807) is 24.7 Å². The highest BCUT2D eigenvalue weighted by atomic mass is 16.2. The molecule has 1 aromatic heterocycles. The molecule has 0 saturated carbocycles. The van der Waals surface area contributed by atoms with Crippen LogP contribution in [0.15, 0.2) is 73.2 Å². The minimum Gasteiger partial charge on any atom is -0.349 e. The first-order valence-electron chi connectivity index (χ1n) is 9.45. The lowest BCUT2D eigenvalue weighted by Crippen LogP contribution is -2.46. The van der Waals surface area contributed by atoms with Crippen LogP contribution in [0.4, 0.5) is 0 Å². The number of hydrogen-bond acceptors (Lipinski definition) is 3. The van der Waals surface area contributed by atoms with Gasteiger partial charge in [-0.2, -0.15) is 0 Å². The molecule has 0 unspecified atom stereocenters. The number of nitrogens with one attached hydrogen (secondary N) is 1. The van der Waals surface area contributed by atoms with Crippen molar-refractivity contribution in [3.05, 3.63) is 84.4 Å². The molecule has 0 bridgehead atoms. The van der Waals surface area contributed by atoms with Crippen molar-refractivity contribution in [2.45, 2.75) is 18.9 Å². The highest BCUT2D eigenvalue weighted by Crippen LogP contribution is 2.17. The Hall–Kier alpha value is -3.41. The van der Waals surface area contributed by atoms with E-state index in [0.29, 0.717) is 24.3 Å². The summed E-state index contributed by atoms with van der Waals surface area (Å²) < 4.78 is 1.81. The van der Waals surface area contributed by atoms with Crippen molar-refractivity contribution in [3.8, 4) is 5.69 Å². The number of piperidine rings is 1. The molecule has 2 heterocycles. The molecule has 6 nitrogen and oxygen atoms in total. The third-order valence-electron chi connectivity index (χ3n) is 5.05. The molecule has 2 aromatic carbocycles. The Balaban J connectivity index is 1.38. The smallest absolute Gasteiger partial charge is 0.272 e. The van der Waals surface area contributed by atoms with E-state index in [0.717, 1.165) is 18.5 Å². The lowest BCUT2D eigenvalue weighted by molar-refractivity contribution is 0.0690. The van der Waals surface area contributed by atoms with Gasteiger partial charge in [0, 0.05) is 30.4 Å². The summed E-state index contributed by atoms with van der Waals surface area (Å²) in [6, 6.07) is 19.0. The first kappa shape index (κ1) is 18.0. The number of amides is 2. The van der Waals surface area contributed by atoms with Gasteiger partial charge in [0.2, 0.25) is 0 Å². The number of para-hydroxylation sites is 1. The summed E-state index contributed by atoms with van der Waals surface area (Å²) >= 11 is 0. The Labute approximate surface area is 163 Å². The van der Waals surface area contributed by atoms with Crippen LogP contribution in [0.1, 0.15) is 33.7 Å². The van der Waals surface area contributed by atoms with E-state index < -0.39 is 0 Å². The van der Waals surface area contributed by atoms with E-state index in [9.17, 15) is 9.59 Å². The number of carbonyl (C=O) groups excluding carboxylic acids is 2. The van der Waals surface area contributed by atoms with Gasteiger partial charge in [-0.05, 0) is 37.1 Å². The van der Waals surface area contributed by atoms with Gasteiger partial charge < -0.3 is 10.2 Å². The van der Waals surface area contributed by atoms with E-state index in [1.165, 1.54) is 0 Å². The van der Waals surface area contributed by atoms with Gasteiger partial charge in [0.25, 0.3) is 11.8 Å². The van der Waals surface area contributed by atoms with Gasteiger partial charge in [-0.1, -0.05) is 36.4 Å². The topological polar surface area (TPSA) is 67.2 Å². The van der Waals surface area contributed by atoms with Crippen LogP contribution in [0.3, 0.4) is 0 Å². The summed E-state index contributed by atoms with van der Waals surface area (Å²) in [4.78, 5) is 31.3. The first-order valence-corrected chi connectivity index (χ1v) is 9.45. The third kappa shape index (κ3) is 3.81. The maximum absolute atomic E-state index is 13.0. The number of imidazole rings is 1. The van der Waals surface area contributed by atoms with Crippen LogP contribution in [-0.2, 0) is 0 Å². The third-order valence-corrected chi connectivity index (χ3v) is 5.05. The summed E-state index contributed by atoms with van der Waals surface area (Å²) in [7, 11) is 0. The normalized spacial score (nSPS) is 14.6. The molecule has 6 heteroatoms. The number of aromatic nitrogens is 2. The molecule has 1 saturated heterocycles. The highest BCUT2D eigenvalue weighted by Gasteiger charge is 2.26. The summed E-state index contributed by atoms with van der Waals surface area (Å²) in [6.45, 7) is 1.22. The maximum atomic E-state index is 13.0. The minimum atomic E-state index is -0.0625. The van der Waals surface area contributed by atoms with Crippen LogP contribution in [0.25, 0.3) is 5.69 Å². The Morgan fingerprint density at radius 3 is 2.25 bits per heavy atom. The zero-order valence-corrected chi connectivity index (χ0v) is 15.5. The summed E-state index contributed by atoms with van der Waals surface area (Å²) in [5, 5.41) is 3.07. The van der Waals surface area contributed by atoms with E-state index >= 15 is 0 Å². The number of likely N-dealkylation sites (tertiary alicyclic amines) is 1. The monoisotopic (exact) mass is 374 g/mol. The van der Waals surface area contributed by atoms with Gasteiger partial charge in [0.15, 0.2) is 0 Å². The molecule has 0 aliphatic carbocycles. The summed E-state index contributed by atoms with van der Waals surface area (Å²) in [5.74, 6) is -0.0956. The Bertz CT molecular complexity index is 945. The van der Waals surface area contributed by atoms with Crippen molar-refractivity contribution in [2.75, 3.05) is 13.1 Å². The van der Waals surface area contributed by atoms with Gasteiger partial charge in [0.1, 0.15) is 5.69 Å². The average molecular weight is 374 g/mol. The summed E-state index contributed by atoms with van der Waals surface area (Å²) in [5.41, 5.74) is 2.12. The largest absolute Gasteiger partial charge is 0.349 e. The second-order valence-electron chi connectivity index (χ2n) is 6.89. The molecular formula is C22H22N4O2. The molecule has 1 aliphatic rings.